The number of fused-ring (bicyclic) bond motifs is 1. The van der Waals surface area contributed by atoms with Gasteiger partial charge >= 0.3 is 0 Å². The summed E-state index contributed by atoms with van der Waals surface area (Å²) in [4.78, 5) is 2.49. The van der Waals surface area contributed by atoms with Crippen molar-refractivity contribution in [2.45, 2.75) is 26.1 Å². The molecule has 0 aliphatic carbocycles. The molecule has 1 aromatic rings. The van der Waals surface area contributed by atoms with Gasteiger partial charge in [0.25, 0.3) is 0 Å². The lowest BCUT2D eigenvalue weighted by molar-refractivity contribution is 0.485. The molecule has 0 bridgehead atoms. The van der Waals surface area contributed by atoms with Crippen molar-refractivity contribution >= 4 is 30.5 Å². The number of anilines is 1. The van der Waals surface area contributed by atoms with Gasteiger partial charge in [-0.25, -0.2) is 0 Å². The van der Waals surface area contributed by atoms with Gasteiger partial charge in [-0.15, -0.1) is 24.8 Å². The van der Waals surface area contributed by atoms with E-state index in [1.165, 1.54) is 16.8 Å². The van der Waals surface area contributed by atoms with Gasteiger partial charge in [-0.3, -0.25) is 0 Å². The normalized spacial score (nSPS) is 21.8. The molecule has 1 unspecified atom stereocenters. The molecule has 0 spiro atoms. The molecule has 0 amide bonds. The summed E-state index contributed by atoms with van der Waals surface area (Å²) in [6, 6.07) is 7.49. The average Bonchev–Trinajstić information content (AvgIpc) is 2.75. The van der Waals surface area contributed by atoms with Crippen molar-refractivity contribution in [2.75, 3.05) is 24.5 Å². The van der Waals surface area contributed by atoms with E-state index in [0.29, 0.717) is 6.04 Å². The van der Waals surface area contributed by atoms with Crippen LogP contribution in [0.2, 0.25) is 0 Å². The van der Waals surface area contributed by atoms with Gasteiger partial charge in [0, 0.05) is 44.5 Å². The summed E-state index contributed by atoms with van der Waals surface area (Å²) in [5, 5.41) is 6.88. The van der Waals surface area contributed by atoms with Crippen LogP contribution < -0.4 is 15.5 Å². The van der Waals surface area contributed by atoms with Crippen LogP contribution in [0.1, 0.15) is 18.1 Å². The fourth-order valence-corrected chi connectivity index (χ4v) is 2.64. The smallest absolute Gasteiger partial charge is 0.0370 e. The summed E-state index contributed by atoms with van der Waals surface area (Å²) in [6.45, 7) is 7.65. The number of hydrogen-bond donors (Lipinski definition) is 2. The number of nitrogens with one attached hydrogen (secondary N) is 2. The van der Waals surface area contributed by atoms with Crippen molar-refractivity contribution in [2.24, 2.45) is 0 Å². The molecule has 1 aromatic carbocycles. The van der Waals surface area contributed by atoms with E-state index in [9.17, 15) is 0 Å². The molecular formula is C13H21Cl2N3. The third-order valence-electron chi connectivity index (χ3n) is 3.55. The Hall–Kier alpha value is -0.480. The predicted molar refractivity (Wildman–Crippen MR) is 81.2 cm³/mol. The van der Waals surface area contributed by atoms with Crippen LogP contribution >= 0.6 is 24.8 Å². The fourth-order valence-electron chi connectivity index (χ4n) is 2.64. The lowest BCUT2D eigenvalue weighted by atomic mass is 10.1. The lowest BCUT2D eigenvalue weighted by Gasteiger charge is -2.33. The van der Waals surface area contributed by atoms with Crippen molar-refractivity contribution in [1.82, 2.24) is 10.6 Å². The van der Waals surface area contributed by atoms with E-state index in [1.54, 1.807) is 0 Å². The van der Waals surface area contributed by atoms with Crippen LogP contribution in [-0.2, 0) is 13.1 Å². The summed E-state index contributed by atoms with van der Waals surface area (Å²) in [5.41, 5.74) is 4.33. The minimum atomic E-state index is 0. The number of benzene rings is 1. The molecule has 5 heteroatoms. The molecule has 102 valence electrons. The van der Waals surface area contributed by atoms with Crippen molar-refractivity contribution in [1.29, 1.82) is 0 Å². The summed E-state index contributed by atoms with van der Waals surface area (Å²) in [6.07, 6.45) is 0. The molecule has 2 aliphatic rings. The van der Waals surface area contributed by atoms with Gasteiger partial charge in [0.1, 0.15) is 0 Å². The maximum atomic E-state index is 3.48. The van der Waals surface area contributed by atoms with Crippen molar-refractivity contribution in [3.05, 3.63) is 29.3 Å². The Morgan fingerprint density at radius 3 is 2.72 bits per heavy atom. The molecule has 1 fully saturated rings. The molecule has 0 radical (unpaired) electrons. The van der Waals surface area contributed by atoms with E-state index in [4.69, 9.17) is 0 Å². The van der Waals surface area contributed by atoms with Gasteiger partial charge in [-0.1, -0.05) is 6.07 Å². The third-order valence-corrected chi connectivity index (χ3v) is 3.55. The summed E-state index contributed by atoms with van der Waals surface area (Å²) < 4.78 is 0. The third kappa shape index (κ3) is 3.09. The highest BCUT2D eigenvalue weighted by Crippen LogP contribution is 2.23. The molecule has 1 atom stereocenters. The number of nitrogens with zero attached hydrogens (tertiary/aromatic N) is 1. The average molecular weight is 290 g/mol. The molecule has 3 rings (SSSR count). The van der Waals surface area contributed by atoms with E-state index >= 15 is 0 Å². The second-order valence-corrected chi connectivity index (χ2v) is 4.86. The van der Waals surface area contributed by atoms with Crippen LogP contribution in [0.25, 0.3) is 0 Å². The zero-order valence-corrected chi connectivity index (χ0v) is 12.2. The summed E-state index contributed by atoms with van der Waals surface area (Å²) in [5.74, 6) is 0. The minimum Gasteiger partial charge on any atom is -0.369 e. The van der Waals surface area contributed by atoms with Crippen LogP contribution in [0.3, 0.4) is 0 Å². The maximum absolute atomic E-state index is 3.48. The minimum absolute atomic E-state index is 0. The number of piperazine rings is 1. The van der Waals surface area contributed by atoms with Crippen molar-refractivity contribution in [3.8, 4) is 0 Å². The first kappa shape index (κ1) is 15.6. The van der Waals surface area contributed by atoms with Crippen molar-refractivity contribution in [3.63, 3.8) is 0 Å². The molecule has 1 saturated heterocycles. The Bertz CT molecular complexity index is 398. The first-order valence-electron chi connectivity index (χ1n) is 6.14. The van der Waals surface area contributed by atoms with Gasteiger partial charge in [-0.05, 0) is 30.2 Å². The highest BCUT2D eigenvalue weighted by molar-refractivity contribution is 5.85. The highest BCUT2D eigenvalue weighted by atomic mass is 35.5. The van der Waals surface area contributed by atoms with Gasteiger partial charge in [-0.2, -0.15) is 0 Å². The predicted octanol–water partition coefficient (Wildman–Crippen LogP) is 1.93. The van der Waals surface area contributed by atoms with Crippen LogP contribution in [0, 0.1) is 0 Å². The van der Waals surface area contributed by atoms with E-state index in [-0.39, 0.29) is 24.8 Å². The van der Waals surface area contributed by atoms with Gasteiger partial charge in [0.05, 0.1) is 0 Å². The van der Waals surface area contributed by atoms with Crippen molar-refractivity contribution < 1.29 is 0 Å². The first-order valence-corrected chi connectivity index (χ1v) is 6.14. The Labute approximate surface area is 121 Å². The van der Waals surface area contributed by atoms with Gasteiger partial charge in [0.2, 0.25) is 0 Å². The fraction of sp³-hybridized carbons (Fsp3) is 0.538. The number of halogens is 2. The molecule has 2 heterocycles. The van der Waals surface area contributed by atoms with Crippen LogP contribution in [0.5, 0.6) is 0 Å². The topological polar surface area (TPSA) is 27.3 Å². The summed E-state index contributed by atoms with van der Waals surface area (Å²) >= 11 is 0. The zero-order chi connectivity index (χ0) is 11.0. The first-order chi connectivity index (χ1) is 7.83. The lowest BCUT2D eigenvalue weighted by Crippen LogP contribution is -2.49. The van der Waals surface area contributed by atoms with Gasteiger partial charge in [0.15, 0.2) is 0 Å². The van der Waals surface area contributed by atoms with Crippen LogP contribution in [0.15, 0.2) is 18.2 Å². The van der Waals surface area contributed by atoms with E-state index in [1.807, 2.05) is 0 Å². The molecular weight excluding hydrogens is 269 g/mol. The second-order valence-electron chi connectivity index (χ2n) is 4.86. The molecule has 0 saturated carbocycles. The Kier molecular flexibility index (Phi) is 5.73. The SMILES string of the molecule is CC1CN(c2ccc3c(c2)CNC3)CCN1.Cl.Cl. The van der Waals surface area contributed by atoms with E-state index < -0.39 is 0 Å². The highest BCUT2D eigenvalue weighted by Gasteiger charge is 2.17. The molecule has 0 aromatic heterocycles. The Balaban J connectivity index is 0.000000810. The molecule has 2 aliphatic heterocycles. The number of rotatable bonds is 1. The second kappa shape index (κ2) is 6.62. The molecule has 2 N–H and O–H groups in total. The van der Waals surface area contributed by atoms with E-state index in [2.05, 4.69) is 40.7 Å². The van der Waals surface area contributed by atoms with Gasteiger partial charge < -0.3 is 15.5 Å². The molecule has 18 heavy (non-hydrogen) atoms. The number of hydrogen-bond acceptors (Lipinski definition) is 3. The monoisotopic (exact) mass is 289 g/mol. The standard InChI is InChI=1S/C13H19N3.2ClH/c1-10-9-16(5-4-15-10)13-3-2-11-7-14-8-12(11)6-13;;/h2-3,6,10,14-15H,4-5,7-9H2,1H3;2*1H. The van der Waals surface area contributed by atoms with Crippen LogP contribution in [0.4, 0.5) is 5.69 Å². The molecule has 3 nitrogen and oxygen atoms in total. The Morgan fingerprint density at radius 1 is 1.17 bits per heavy atom. The maximum Gasteiger partial charge on any atom is 0.0370 e. The van der Waals surface area contributed by atoms with E-state index in [0.717, 1.165) is 32.7 Å². The largest absolute Gasteiger partial charge is 0.369 e. The van der Waals surface area contributed by atoms with Crippen LogP contribution in [-0.4, -0.2) is 25.7 Å². The quantitative estimate of drug-likeness (QED) is 0.827. The Morgan fingerprint density at radius 2 is 1.94 bits per heavy atom. The summed E-state index contributed by atoms with van der Waals surface area (Å²) in [7, 11) is 0. The zero-order valence-electron chi connectivity index (χ0n) is 10.6.